The summed E-state index contributed by atoms with van der Waals surface area (Å²) in [5.41, 5.74) is 7.18. The molecule has 18 heteroatoms. The van der Waals surface area contributed by atoms with Crippen molar-refractivity contribution in [1.82, 2.24) is 0 Å². The Morgan fingerprint density at radius 3 is 2.34 bits per heavy atom. The maximum Gasteiger partial charge on any atom is 0.258 e. The number of anilines is 2. The van der Waals surface area contributed by atoms with Crippen molar-refractivity contribution in [2.45, 2.75) is 95.2 Å². The number of aliphatic hydroxyl groups is 4. The van der Waals surface area contributed by atoms with Gasteiger partial charge in [0.1, 0.15) is 29.5 Å². The Hall–Kier alpha value is -6.54. The van der Waals surface area contributed by atoms with Gasteiger partial charge in [-0.15, -0.1) is 0 Å². The summed E-state index contributed by atoms with van der Waals surface area (Å²) in [7, 11) is 1.32. The van der Waals surface area contributed by atoms with Gasteiger partial charge in [-0.1, -0.05) is 41.9 Å². The monoisotopic (exact) mass is 991 g/mol. The van der Waals surface area contributed by atoms with E-state index in [1.165, 1.54) is 25.3 Å². The Balaban J connectivity index is 0.000000194. The minimum absolute atomic E-state index is 0.0173. The van der Waals surface area contributed by atoms with E-state index in [9.17, 15) is 54.6 Å². The fourth-order valence-electron chi connectivity index (χ4n) is 9.87. The molecule has 0 bridgehead atoms. The fourth-order valence-corrected chi connectivity index (χ4v) is 10.1. The third-order valence-corrected chi connectivity index (χ3v) is 13.9. The highest BCUT2D eigenvalue weighted by Gasteiger charge is 2.50. The van der Waals surface area contributed by atoms with Crippen LogP contribution in [0, 0.1) is 13.8 Å². The minimum Gasteiger partial charge on any atom is -0.507 e. The molecule has 2 amide bonds. The molecule has 1 unspecified atom stereocenters. The van der Waals surface area contributed by atoms with Crippen LogP contribution in [0.1, 0.15) is 125 Å². The Morgan fingerprint density at radius 1 is 0.915 bits per heavy atom. The maximum absolute atomic E-state index is 13.6. The van der Waals surface area contributed by atoms with Crippen molar-refractivity contribution in [3.8, 4) is 17.2 Å². The number of phenolic OH excluding ortho intramolecular Hbond substituents is 2. The Kier molecular flexibility index (Phi) is 14.5. The summed E-state index contributed by atoms with van der Waals surface area (Å²) in [6.45, 7) is 4.82. The van der Waals surface area contributed by atoms with Gasteiger partial charge in [0.15, 0.2) is 17.9 Å². The lowest BCUT2D eigenvalue weighted by atomic mass is 9.72. The van der Waals surface area contributed by atoms with E-state index < -0.39 is 102 Å². The van der Waals surface area contributed by atoms with Crippen molar-refractivity contribution in [1.29, 1.82) is 0 Å². The molecule has 1 saturated heterocycles. The van der Waals surface area contributed by atoms with Crippen molar-refractivity contribution in [3.63, 3.8) is 0 Å². The summed E-state index contributed by atoms with van der Waals surface area (Å²) >= 11 is 6.13. The minimum atomic E-state index is -2.24. The second-order valence-corrected chi connectivity index (χ2v) is 18.7. The summed E-state index contributed by atoms with van der Waals surface area (Å²) < 4.78 is 17.0. The molecule has 1 fully saturated rings. The standard InChI is InChI=1S/C27H29NO11.C26H25ClN2O3/c1-10-22(31)13(28)6-17(38-10)39-15-8-27(36,16(30)9-29)7-12-19(15)26(35)21-20(24(12)33)23(32)11-4-3-5-14(37-2)18(11)25(21)34;1-16-6-3-4-7-20(16)25(31)28-19-10-11-21(17(2)14-19)26(32)29-13-5-8-24(30)22-15-18(27)9-12-23(22)29/h3-5,10,13,15,17,22,29,31,33,35-36H,6-9,28H2,1-2H3;3-4,6-7,9-12,14-15,24,30H,5,8,13H2,1-2H3,(H,28,31)/t10-,13-,15-,17-,22+,27-;/m0./s1. The fraction of sp³-hybridized carbons (Fsp3) is 0.340. The second-order valence-electron chi connectivity index (χ2n) is 18.3. The Morgan fingerprint density at radius 2 is 1.65 bits per heavy atom. The molecule has 372 valence electrons. The van der Waals surface area contributed by atoms with Gasteiger partial charge < -0.3 is 60.8 Å². The van der Waals surface area contributed by atoms with E-state index in [0.717, 1.165) is 11.1 Å². The second kappa shape index (κ2) is 20.3. The van der Waals surface area contributed by atoms with Gasteiger partial charge in [0, 0.05) is 81.6 Å². The highest BCUT2D eigenvalue weighted by molar-refractivity contribution is 6.32. The molecule has 5 aromatic carbocycles. The zero-order valence-corrected chi connectivity index (χ0v) is 40.0. The summed E-state index contributed by atoms with van der Waals surface area (Å²) in [4.78, 5) is 67.5. The molecule has 17 nitrogen and oxygen atoms in total. The number of halogens is 1. The number of benzene rings is 5. The first-order valence-corrected chi connectivity index (χ1v) is 23.4. The smallest absolute Gasteiger partial charge is 0.258 e. The number of carbonyl (C=O) groups excluding carboxylic acids is 5. The Bertz CT molecular complexity index is 2970. The number of amides is 2. The van der Waals surface area contributed by atoms with Crippen LogP contribution in [0.25, 0.3) is 0 Å². The highest BCUT2D eigenvalue weighted by atomic mass is 35.5. The number of Topliss-reactive ketones (excluding diaryl/α,β-unsaturated/α-hetero) is 1. The lowest BCUT2D eigenvalue weighted by molar-refractivity contribution is -0.247. The number of ketones is 3. The Labute approximate surface area is 413 Å². The summed E-state index contributed by atoms with van der Waals surface area (Å²) in [5.74, 6) is -4.10. The molecule has 2 aliphatic heterocycles. The third-order valence-electron chi connectivity index (χ3n) is 13.7. The van der Waals surface area contributed by atoms with Crippen LogP contribution in [0.15, 0.2) is 78.9 Å². The number of nitrogens with two attached hydrogens (primary N) is 1. The van der Waals surface area contributed by atoms with Crippen LogP contribution >= 0.6 is 11.6 Å². The molecule has 0 radical (unpaired) electrons. The van der Waals surface area contributed by atoms with Gasteiger partial charge >= 0.3 is 0 Å². The average Bonchev–Trinajstić information content (AvgIpc) is 3.50. The van der Waals surface area contributed by atoms with E-state index in [1.807, 2.05) is 32.0 Å². The van der Waals surface area contributed by atoms with Gasteiger partial charge in [0.05, 0.1) is 48.2 Å². The largest absolute Gasteiger partial charge is 0.507 e. The molecule has 7 atom stereocenters. The molecule has 9 rings (SSSR count). The summed E-state index contributed by atoms with van der Waals surface area (Å²) in [5, 5.41) is 67.6. The van der Waals surface area contributed by atoms with Crippen LogP contribution in [0.3, 0.4) is 0 Å². The molecule has 0 spiro atoms. The quantitative estimate of drug-likeness (QED) is 0.0852. The van der Waals surface area contributed by atoms with Gasteiger partial charge in [-0.25, -0.2) is 0 Å². The van der Waals surface area contributed by atoms with Crippen molar-refractivity contribution in [2.75, 3.05) is 30.5 Å². The number of rotatable bonds is 8. The molecule has 0 aromatic heterocycles. The molecule has 0 saturated carbocycles. The van der Waals surface area contributed by atoms with Crippen molar-refractivity contribution in [3.05, 3.63) is 145 Å². The molecular weight excluding hydrogens is 938 g/mol. The molecule has 9 N–H and O–H groups in total. The SMILES string of the molecule is COc1cccc2c1C(=O)c1c(O)c3c(c(O)c1C2=O)C[C@@](O)(C(=O)CO)C[C@@H]3O[C@H]1C[C@H](N)[C@H](O)[C@H](C)O1.Cc1ccccc1C(=O)Nc1ccc(C(=O)N2CCCC(O)c3cc(Cl)ccc32)c(C)c1. The summed E-state index contributed by atoms with van der Waals surface area (Å²) in [6.07, 6.45) is -4.52. The number of nitrogens with zero attached hydrogens (tertiary/aromatic N) is 1. The number of hydrogen-bond acceptors (Lipinski definition) is 15. The van der Waals surface area contributed by atoms with Crippen LogP contribution in [0.5, 0.6) is 17.2 Å². The van der Waals surface area contributed by atoms with Crippen molar-refractivity contribution >= 4 is 52.1 Å². The van der Waals surface area contributed by atoms with E-state index in [0.29, 0.717) is 52.5 Å². The number of phenols is 2. The highest BCUT2D eigenvalue weighted by Crippen LogP contribution is 2.52. The first kappa shape index (κ1) is 50.8. The number of aryl methyl sites for hydroxylation is 2. The summed E-state index contributed by atoms with van der Waals surface area (Å²) in [6, 6.07) is 21.6. The van der Waals surface area contributed by atoms with Gasteiger partial charge in [-0.2, -0.15) is 0 Å². The van der Waals surface area contributed by atoms with Gasteiger partial charge in [0.25, 0.3) is 11.8 Å². The number of carbonyl (C=O) groups is 5. The number of nitrogens with one attached hydrogen (secondary N) is 1. The van der Waals surface area contributed by atoms with E-state index in [2.05, 4.69) is 5.32 Å². The topological polar surface area (TPSA) is 276 Å². The van der Waals surface area contributed by atoms with E-state index in [-0.39, 0.29) is 46.2 Å². The van der Waals surface area contributed by atoms with E-state index in [4.69, 9.17) is 31.5 Å². The molecular formula is C53H54ClN3O14. The zero-order chi connectivity index (χ0) is 51.2. The third kappa shape index (κ3) is 9.55. The lowest BCUT2D eigenvalue weighted by Gasteiger charge is -2.42. The van der Waals surface area contributed by atoms with Gasteiger partial charge in [0.2, 0.25) is 5.78 Å². The average molecular weight is 992 g/mol. The zero-order valence-electron chi connectivity index (χ0n) is 39.3. The maximum atomic E-state index is 13.6. The molecule has 4 aliphatic rings. The van der Waals surface area contributed by atoms with E-state index >= 15 is 0 Å². The van der Waals surface area contributed by atoms with Crippen LogP contribution in [-0.2, 0) is 20.7 Å². The van der Waals surface area contributed by atoms with Gasteiger partial charge in [-0.05, 0) is 93.3 Å². The number of aliphatic hydroxyl groups excluding tert-OH is 3. The first-order chi connectivity index (χ1) is 33.8. The van der Waals surface area contributed by atoms with Crippen molar-refractivity contribution in [2.24, 2.45) is 5.73 Å². The van der Waals surface area contributed by atoms with Crippen LogP contribution < -0.4 is 20.7 Å². The predicted octanol–water partition coefficient (Wildman–Crippen LogP) is 5.68. The predicted molar refractivity (Wildman–Crippen MR) is 259 cm³/mol. The normalized spacial score (nSPS) is 23.4. The van der Waals surface area contributed by atoms with Crippen LogP contribution in [0.4, 0.5) is 11.4 Å². The molecule has 71 heavy (non-hydrogen) atoms. The van der Waals surface area contributed by atoms with Crippen LogP contribution in [0.2, 0.25) is 5.02 Å². The van der Waals surface area contributed by atoms with Crippen molar-refractivity contribution < 1.29 is 68.8 Å². The molecule has 5 aromatic rings. The van der Waals surface area contributed by atoms with Crippen LogP contribution in [-0.4, -0.2) is 110 Å². The number of hydrogen-bond donors (Lipinski definition) is 8. The molecule has 2 aliphatic carbocycles. The van der Waals surface area contributed by atoms with E-state index in [1.54, 1.807) is 54.3 Å². The lowest BCUT2D eigenvalue weighted by Crippen LogP contribution is -2.53. The number of ether oxygens (including phenoxy) is 3. The first-order valence-electron chi connectivity index (χ1n) is 23.0. The number of methoxy groups -OCH3 is 1. The number of aromatic hydroxyl groups is 2. The van der Waals surface area contributed by atoms with Gasteiger partial charge in [-0.3, -0.25) is 24.0 Å². The molecule has 2 heterocycles. The number of fused-ring (bicyclic) bond motifs is 4.